The number of carbonyl (C=O) groups is 2. The Morgan fingerprint density at radius 1 is 1.06 bits per heavy atom. The fourth-order valence-corrected chi connectivity index (χ4v) is 1.26. The number of esters is 2. The summed E-state index contributed by atoms with van der Waals surface area (Å²) in [7, 11) is 0. The first-order valence-corrected chi connectivity index (χ1v) is 4.44. The van der Waals surface area contributed by atoms with E-state index in [9.17, 15) is 19.8 Å². The summed E-state index contributed by atoms with van der Waals surface area (Å²) in [6.45, 7) is 0.967. The molecule has 0 aromatic carbocycles. The van der Waals surface area contributed by atoms with E-state index < -0.39 is 42.6 Å². The lowest BCUT2D eigenvalue weighted by molar-refractivity contribution is -0.280. The van der Waals surface area contributed by atoms with Crippen molar-refractivity contribution in [3.63, 3.8) is 0 Å². The monoisotopic (exact) mass is 236 g/mol. The van der Waals surface area contributed by atoms with Crippen molar-refractivity contribution < 1.29 is 39.5 Å². The van der Waals surface area contributed by atoms with Gasteiger partial charge in [-0.25, -0.2) is 4.79 Å². The van der Waals surface area contributed by atoms with Crippen molar-refractivity contribution in [2.24, 2.45) is 0 Å². The van der Waals surface area contributed by atoms with Crippen LogP contribution < -0.4 is 0 Å². The quantitative estimate of drug-likeness (QED) is 0.277. The number of hydrogen-bond donors (Lipinski definition) is 4. The lowest BCUT2D eigenvalue weighted by atomic mass is 9.99. The highest BCUT2D eigenvalue weighted by Gasteiger charge is 2.47. The molecule has 0 aromatic heterocycles. The maximum atomic E-state index is 11.2. The lowest BCUT2D eigenvalue weighted by Gasteiger charge is -2.36. The lowest BCUT2D eigenvalue weighted by Crippen LogP contribution is -2.60. The fourth-order valence-electron chi connectivity index (χ4n) is 1.26. The van der Waals surface area contributed by atoms with Gasteiger partial charge in [0.15, 0.2) is 12.4 Å². The molecule has 1 rings (SSSR count). The maximum absolute atomic E-state index is 11.2. The molecular weight excluding hydrogens is 224 g/mol. The minimum Gasteiger partial charge on any atom is -0.391 e. The van der Waals surface area contributed by atoms with Gasteiger partial charge in [0.1, 0.15) is 18.3 Å². The van der Waals surface area contributed by atoms with Crippen LogP contribution in [0, 0.1) is 0 Å². The minimum atomic E-state index is -1.84. The number of aliphatic hydroxyl groups is 4. The van der Waals surface area contributed by atoms with E-state index in [0.29, 0.717) is 0 Å². The van der Waals surface area contributed by atoms with Crippen molar-refractivity contribution in [2.45, 2.75) is 37.6 Å². The Morgan fingerprint density at radius 2 is 1.62 bits per heavy atom. The molecule has 0 unspecified atom stereocenters. The van der Waals surface area contributed by atoms with Crippen LogP contribution in [0.4, 0.5) is 0 Å². The van der Waals surface area contributed by atoms with E-state index in [1.54, 1.807) is 0 Å². The van der Waals surface area contributed by atoms with Gasteiger partial charge in [0, 0.05) is 6.92 Å². The maximum Gasteiger partial charge on any atom is 0.345 e. The van der Waals surface area contributed by atoms with E-state index in [0.717, 1.165) is 6.92 Å². The third kappa shape index (κ3) is 2.54. The van der Waals surface area contributed by atoms with Crippen LogP contribution in [-0.2, 0) is 19.1 Å². The van der Waals surface area contributed by atoms with Gasteiger partial charge in [-0.1, -0.05) is 0 Å². The zero-order valence-corrected chi connectivity index (χ0v) is 8.31. The molecule has 1 aliphatic heterocycles. The van der Waals surface area contributed by atoms with Crippen LogP contribution in [0.3, 0.4) is 0 Å². The van der Waals surface area contributed by atoms with E-state index in [2.05, 4.69) is 9.47 Å². The van der Waals surface area contributed by atoms with Crippen molar-refractivity contribution >= 4 is 11.9 Å². The van der Waals surface area contributed by atoms with E-state index in [1.165, 1.54) is 0 Å². The van der Waals surface area contributed by atoms with Crippen molar-refractivity contribution in [2.75, 3.05) is 0 Å². The molecular formula is C8H12O8. The van der Waals surface area contributed by atoms with Crippen molar-refractivity contribution in [1.82, 2.24) is 0 Å². The Hall–Kier alpha value is -1.06. The smallest absolute Gasteiger partial charge is 0.345 e. The summed E-state index contributed by atoms with van der Waals surface area (Å²) in [6.07, 6.45) is -8.87. The highest BCUT2D eigenvalue weighted by molar-refractivity contribution is 5.87. The molecule has 1 heterocycles. The zero-order chi connectivity index (χ0) is 12.5. The van der Waals surface area contributed by atoms with Crippen molar-refractivity contribution in [3.05, 3.63) is 0 Å². The van der Waals surface area contributed by atoms with Gasteiger partial charge in [-0.15, -0.1) is 0 Å². The second-order valence-corrected chi connectivity index (χ2v) is 3.33. The molecule has 5 atom stereocenters. The standard InChI is InChI=1S/C8H12O8/c1-2(9)15-8(14)6-4(11)3(10)5(12)7(13)16-6/h3-7,10-13H,1H3/t3-,4-,5+,6+,7-/m0/s1. The number of ether oxygens (including phenoxy) is 2. The van der Waals surface area contributed by atoms with Gasteiger partial charge in [0.2, 0.25) is 0 Å². The molecule has 0 saturated carbocycles. The van der Waals surface area contributed by atoms with Gasteiger partial charge in [-0.3, -0.25) is 4.79 Å². The normalized spacial score (nSPS) is 39.2. The Labute approximate surface area is 90.0 Å². The van der Waals surface area contributed by atoms with Crippen molar-refractivity contribution in [1.29, 1.82) is 0 Å². The number of hydrogen-bond acceptors (Lipinski definition) is 8. The molecule has 0 radical (unpaired) electrons. The molecule has 1 fully saturated rings. The van der Waals surface area contributed by atoms with E-state index in [4.69, 9.17) is 10.2 Å². The summed E-state index contributed by atoms with van der Waals surface area (Å²) < 4.78 is 8.64. The molecule has 1 saturated heterocycles. The summed E-state index contributed by atoms with van der Waals surface area (Å²) in [6, 6.07) is 0. The Morgan fingerprint density at radius 3 is 2.12 bits per heavy atom. The molecule has 16 heavy (non-hydrogen) atoms. The van der Waals surface area contributed by atoms with Gasteiger partial charge in [0.05, 0.1) is 0 Å². The van der Waals surface area contributed by atoms with Crippen LogP contribution in [0.1, 0.15) is 6.92 Å². The summed E-state index contributed by atoms with van der Waals surface area (Å²) in [5.41, 5.74) is 0. The first-order valence-electron chi connectivity index (χ1n) is 4.44. The van der Waals surface area contributed by atoms with Crippen LogP contribution >= 0.6 is 0 Å². The van der Waals surface area contributed by atoms with Crippen LogP contribution in [0.15, 0.2) is 0 Å². The predicted octanol–water partition coefficient (Wildman–Crippen LogP) is -3.12. The Balaban J connectivity index is 2.73. The van der Waals surface area contributed by atoms with Crippen LogP contribution in [0.25, 0.3) is 0 Å². The highest BCUT2D eigenvalue weighted by atomic mass is 16.7. The third-order valence-electron chi connectivity index (χ3n) is 2.06. The van der Waals surface area contributed by atoms with Gasteiger partial charge >= 0.3 is 11.9 Å². The summed E-state index contributed by atoms with van der Waals surface area (Å²) in [5.74, 6) is -2.17. The van der Waals surface area contributed by atoms with E-state index in [-0.39, 0.29) is 0 Å². The fraction of sp³-hybridized carbons (Fsp3) is 0.750. The number of rotatable bonds is 1. The van der Waals surface area contributed by atoms with Gasteiger partial charge in [-0.2, -0.15) is 0 Å². The molecule has 0 aliphatic carbocycles. The molecule has 1 aliphatic rings. The first-order chi connectivity index (χ1) is 7.34. The Kier molecular flexibility index (Phi) is 3.94. The van der Waals surface area contributed by atoms with Crippen LogP contribution in [0.5, 0.6) is 0 Å². The van der Waals surface area contributed by atoms with Crippen molar-refractivity contribution in [3.8, 4) is 0 Å². The molecule has 0 spiro atoms. The average molecular weight is 236 g/mol. The number of carbonyl (C=O) groups excluding carboxylic acids is 2. The molecule has 4 N–H and O–H groups in total. The zero-order valence-electron chi connectivity index (χ0n) is 8.31. The predicted molar refractivity (Wildman–Crippen MR) is 45.7 cm³/mol. The van der Waals surface area contributed by atoms with E-state index >= 15 is 0 Å². The molecule has 0 bridgehead atoms. The second-order valence-electron chi connectivity index (χ2n) is 3.33. The third-order valence-corrected chi connectivity index (χ3v) is 2.06. The largest absolute Gasteiger partial charge is 0.391 e. The van der Waals surface area contributed by atoms with Gasteiger partial charge in [0.25, 0.3) is 0 Å². The van der Waals surface area contributed by atoms with Gasteiger partial charge < -0.3 is 29.9 Å². The summed E-state index contributed by atoms with van der Waals surface area (Å²) in [4.78, 5) is 21.7. The molecule has 0 aromatic rings. The second kappa shape index (κ2) is 4.85. The van der Waals surface area contributed by atoms with Gasteiger partial charge in [-0.05, 0) is 0 Å². The number of aliphatic hydroxyl groups excluding tert-OH is 4. The topological polar surface area (TPSA) is 134 Å². The van der Waals surface area contributed by atoms with Crippen LogP contribution in [0.2, 0.25) is 0 Å². The molecule has 8 nitrogen and oxygen atoms in total. The Bertz CT molecular complexity index is 290. The van der Waals surface area contributed by atoms with E-state index in [1.807, 2.05) is 0 Å². The average Bonchev–Trinajstić information content (AvgIpc) is 2.19. The summed E-state index contributed by atoms with van der Waals surface area (Å²) >= 11 is 0. The molecule has 0 amide bonds. The minimum absolute atomic E-state index is 0.920. The molecule has 92 valence electrons. The SMILES string of the molecule is CC(=O)OC(=O)[C@@H]1O[C@H](O)[C@H](O)[C@@H](O)[C@@H]1O. The molecule has 8 heteroatoms. The summed E-state index contributed by atoms with van der Waals surface area (Å²) in [5, 5.41) is 36.8. The highest BCUT2D eigenvalue weighted by Crippen LogP contribution is 2.20. The first kappa shape index (κ1) is 13.0. The van der Waals surface area contributed by atoms with Crippen LogP contribution in [-0.4, -0.2) is 63.1 Å².